The predicted octanol–water partition coefficient (Wildman–Crippen LogP) is 2.73. The van der Waals surface area contributed by atoms with Gasteiger partial charge in [-0.15, -0.1) is 0 Å². The topological polar surface area (TPSA) is 41.3 Å². The highest BCUT2D eigenvalue weighted by atomic mass is 35.5. The van der Waals surface area contributed by atoms with Crippen molar-refractivity contribution in [3.05, 3.63) is 34.6 Å². The summed E-state index contributed by atoms with van der Waals surface area (Å²) in [7, 11) is 2.22. The summed E-state index contributed by atoms with van der Waals surface area (Å²) in [6, 6.07) is 6.61. The molecule has 21 heavy (non-hydrogen) atoms. The molecule has 0 saturated carbocycles. The Labute approximate surface area is 130 Å². The summed E-state index contributed by atoms with van der Waals surface area (Å²) in [5.74, 6) is 5.96. The van der Waals surface area contributed by atoms with Gasteiger partial charge in [-0.3, -0.25) is 11.3 Å². The van der Waals surface area contributed by atoms with Crippen LogP contribution in [0, 0.1) is 11.7 Å². The van der Waals surface area contributed by atoms with Gasteiger partial charge in [0.15, 0.2) is 0 Å². The number of nitrogens with one attached hydrogen (secondary N) is 1. The lowest BCUT2D eigenvalue weighted by molar-refractivity contribution is 0.112. The fourth-order valence-corrected chi connectivity index (χ4v) is 4.28. The molecule has 0 radical (unpaired) electrons. The normalized spacial score (nSPS) is 30.6. The van der Waals surface area contributed by atoms with Crippen LogP contribution in [-0.2, 0) is 6.42 Å². The minimum Gasteiger partial charge on any atom is -0.300 e. The molecule has 0 aromatic heterocycles. The van der Waals surface area contributed by atoms with Crippen molar-refractivity contribution in [1.29, 1.82) is 0 Å². The summed E-state index contributed by atoms with van der Waals surface area (Å²) in [5, 5.41) is 0.187. The van der Waals surface area contributed by atoms with Gasteiger partial charge in [0.25, 0.3) is 0 Å². The van der Waals surface area contributed by atoms with Gasteiger partial charge in [0.2, 0.25) is 0 Å². The Hall–Kier alpha value is -0.680. The largest absolute Gasteiger partial charge is 0.300 e. The van der Waals surface area contributed by atoms with E-state index in [9.17, 15) is 4.39 Å². The van der Waals surface area contributed by atoms with E-state index in [1.54, 1.807) is 18.2 Å². The maximum Gasteiger partial charge on any atom is 0.145 e. The van der Waals surface area contributed by atoms with Gasteiger partial charge in [-0.2, -0.15) is 0 Å². The number of hydrazine groups is 1. The van der Waals surface area contributed by atoms with Crippen LogP contribution in [0.5, 0.6) is 0 Å². The van der Waals surface area contributed by atoms with E-state index < -0.39 is 0 Å². The van der Waals surface area contributed by atoms with Gasteiger partial charge in [-0.25, -0.2) is 4.39 Å². The Morgan fingerprint density at radius 1 is 1.38 bits per heavy atom. The Kier molecular flexibility index (Phi) is 4.50. The molecule has 2 fully saturated rings. The average Bonchev–Trinajstić information content (AvgIpc) is 2.70. The summed E-state index contributed by atoms with van der Waals surface area (Å²) in [5.41, 5.74) is 3.57. The molecule has 116 valence electrons. The first-order valence-electron chi connectivity index (χ1n) is 7.71. The monoisotopic (exact) mass is 311 g/mol. The van der Waals surface area contributed by atoms with Crippen molar-refractivity contribution < 1.29 is 4.39 Å². The van der Waals surface area contributed by atoms with Crippen LogP contribution in [0.1, 0.15) is 31.2 Å². The second-order valence-corrected chi connectivity index (χ2v) is 6.88. The molecule has 3 N–H and O–H groups in total. The molecular weight excluding hydrogens is 289 g/mol. The van der Waals surface area contributed by atoms with E-state index in [4.69, 9.17) is 17.4 Å². The van der Waals surface area contributed by atoms with Crippen LogP contribution in [0.2, 0.25) is 5.02 Å². The zero-order valence-corrected chi connectivity index (χ0v) is 13.1. The molecule has 0 spiro atoms. The van der Waals surface area contributed by atoms with Gasteiger partial charge in [0.05, 0.1) is 5.02 Å². The summed E-state index contributed by atoms with van der Waals surface area (Å²) < 4.78 is 14.1. The van der Waals surface area contributed by atoms with Crippen LogP contribution < -0.4 is 11.3 Å². The number of hydrogen-bond acceptors (Lipinski definition) is 3. The molecule has 2 aliphatic rings. The van der Waals surface area contributed by atoms with Gasteiger partial charge < -0.3 is 4.90 Å². The fraction of sp³-hybridized carbons (Fsp3) is 0.625. The lowest BCUT2D eigenvalue weighted by atomic mass is 9.83. The molecule has 1 aromatic rings. The van der Waals surface area contributed by atoms with Crippen LogP contribution >= 0.6 is 11.6 Å². The molecule has 3 atom stereocenters. The van der Waals surface area contributed by atoms with Gasteiger partial charge in [-0.1, -0.05) is 23.7 Å². The Bertz CT molecular complexity index is 496. The number of hydrogen-bond donors (Lipinski definition) is 2. The van der Waals surface area contributed by atoms with E-state index in [0.717, 1.165) is 12.8 Å². The number of nitrogens with two attached hydrogens (primary N) is 1. The zero-order valence-electron chi connectivity index (χ0n) is 12.4. The van der Waals surface area contributed by atoms with Crippen molar-refractivity contribution in [2.45, 2.75) is 50.2 Å². The van der Waals surface area contributed by atoms with Crippen LogP contribution in [0.25, 0.3) is 0 Å². The van der Waals surface area contributed by atoms with E-state index in [1.807, 2.05) is 0 Å². The fourth-order valence-electron chi connectivity index (χ4n) is 4.09. The number of piperidine rings is 1. The molecule has 0 aliphatic carbocycles. The molecule has 3 nitrogen and oxygen atoms in total. The third-order valence-corrected chi connectivity index (χ3v) is 5.68. The van der Waals surface area contributed by atoms with E-state index >= 15 is 0 Å². The van der Waals surface area contributed by atoms with E-state index in [0.29, 0.717) is 30.0 Å². The lowest BCUT2D eigenvalue weighted by Crippen LogP contribution is -2.49. The number of nitrogens with zero attached hydrogens (tertiary/aromatic N) is 1. The van der Waals surface area contributed by atoms with E-state index in [-0.39, 0.29) is 16.9 Å². The Morgan fingerprint density at radius 2 is 2.05 bits per heavy atom. The zero-order chi connectivity index (χ0) is 15.0. The molecule has 2 saturated heterocycles. The molecule has 2 aliphatic heterocycles. The van der Waals surface area contributed by atoms with E-state index in [1.165, 1.54) is 12.8 Å². The quantitative estimate of drug-likeness (QED) is 0.663. The molecule has 1 aromatic carbocycles. The number of benzene rings is 1. The summed E-state index contributed by atoms with van der Waals surface area (Å²) in [4.78, 5) is 2.50. The average molecular weight is 312 g/mol. The third kappa shape index (κ3) is 2.95. The molecule has 5 heteroatoms. The van der Waals surface area contributed by atoms with Crippen LogP contribution in [0.15, 0.2) is 18.2 Å². The maximum atomic E-state index is 14.1. The first-order chi connectivity index (χ1) is 10.1. The molecule has 3 unspecified atom stereocenters. The smallest absolute Gasteiger partial charge is 0.145 e. The first-order valence-corrected chi connectivity index (χ1v) is 8.09. The van der Waals surface area contributed by atoms with Gasteiger partial charge in [0, 0.05) is 18.1 Å². The number of rotatable bonds is 4. The van der Waals surface area contributed by atoms with Crippen molar-refractivity contribution in [1.82, 2.24) is 10.3 Å². The number of halogens is 2. The first kappa shape index (κ1) is 15.2. The minimum atomic E-state index is -0.310. The standard InChI is InChI=1S/C16H23ClFN3/c1-21-12-5-6-13(21)8-11(7-12)15(20-19)9-10-3-2-4-14(17)16(10)18/h2-4,11-13,15,20H,5-9,19H2,1H3. The Morgan fingerprint density at radius 3 is 2.67 bits per heavy atom. The molecule has 2 heterocycles. The van der Waals surface area contributed by atoms with Gasteiger partial charge in [-0.05, 0) is 56.7 Å². The lowest BCUT2D eigenvalue weighted by Gasteiger charge is -2.39. The van der Waals surface area contributed by atoms with Crippen molar-refractivity contribution in [2.75, 3.05) is 7.05 Å². The minimum absolute atomic E-state index is 0.106. The van der Waals surface area contributed by atoms with Crippen LogP contribution in [-0.4, -0.2) is 30.1 Å². The van der Waals surface area contributed by atoms with Crippen LogP contribution in [0.4, 0.5) is 4.39 Å². The summed E-state index contributed by atoms with van der Waals surface area (Å²) in [6.45, 7) is 0. The van der Waals surface area contributed by atoms with Gasteiger partial charge in [0.1, 0.15) is 5.82 Å². The highest BCUT2D eigenvalue weighted by Crippen LogP contribution is 2.39. The maximum absolute atomic E-state index is 14.1. The molecule has 3 rings (SSSR count). The third-order valence-electron chi connectivity index (χ3n) is 5.39. The SMILES string of the molecule is CN1C2CCC1CC(C(Cc1cccc(Cl)c1F)NN)C2. The summed E-state index contributed by atoms with van der Waals surface area (Å²) >= 11 is 5.87. The predicted molar refractivity (Wildman–Crippen MR) is 83.5 cm³/mol. The Balaban J connectivity index is 1.72. The molecule has 0 amide bonds. The van der Waals surface area contributed by atoms with Gasteiger partial charge >= 0.3 is 0 Å². The van der Waals surface area contributed by atoms with Crippen LogP contribution in [0.3, 0.4) is 0 Å². The second kappa shape index (κ2) is 6.21. The molecular formula is C16H23ClFN3. The highest BCUT2D eigenvalue weighted by Gasteiger charge is 2.40. The van der Waals surface area contributed by atoms with E-state index in [2.05, 4.69) is 17.4 Å². The highest BCUT2D eigenvalue weighted by molar-refractivity contribution is 6.30. The summed E-state index contributed by atoms with van der Waals surface area (Å²) in [6.07, 6.45) is 5.44. The number of fused-ring (bicyclic) bond motifs is 2. The van der Waals surface area contributed by atoms with Crippen molar-refractivity contribution in [2.24, 2.45) is 11.8 Å². The van der Waals surface area contributed by atoms with Crippen molar-refractivity contribution in [3.8, 4) is 0 Å². The second-order valence-electron chi connectivity index (χ2n) is 6.47. The van der Waals surface area contributed by atoms with Crippen molar-refractivity contribution in [3.63, 3.8) is 0 Å². The molecule has 2 bridgehead atoms. The van der Waals surface area contributed by atoms with Crippen molar-refractivity contribution >= 4 is 11.6 Å².